The molecule has 3 atom stereocenters. The van der Waals surface area contributed by atoms with Crippen molar-refractivity contribution in [3.8, 4) is 17.2 Å². The van der Waals surface area contributed by atoms with E-state index in [2.05, 4.69) is 16.4 Å². The lowest BCUT2D eigenvalue weighted by Gasteiger charge is -2.51. The Hall–Kier alpha value is -3.76. The molecule has 1 aliphatic rings. The van der Waals surface area contributed by atoms with Crippen LogP contribution < -0.4 is 5.32 Å². The number of halogens is 1. The molecule has 0 bridgehead atoms. The largest absolute Gasteiger partial charge is 0.394 e. The molecule has 4 rings (SSSR count). The summed E-state index contributed by atoms with van der Waals surface area (Å²) >= 11 is 0. The zero-order valence-electron chi connectivity index (χ0n) is 15.9. The van der Waals surface area contributed by atoms with Crippen molar-refractivity contribution in [3.63, 3.8) is 0 Å². The fourth-order valence-corrected chi connectivity index (χ4v) is 3.84. The highest BCUT2D eigenvalue weighted by Crippen LogP contribution is 2.41. The van der Waals surface area contributed by atoms with E-state index in [0.29, 0.717) is 5.69 Å². The fourth-order valence-electron chi connectivity index (χ4n) is 3.84. The van der Waals surface area contributed by atoms with Gasteiger partial charge >= 0.3 is 6.03 Å². The molecule has 0 saturated carbocycles. The van der Waals surface area contributed by atoms with Crippen LogP contribution in [0.3, 0.4) is 0 Å². The standard InChI is InChI=1S/C23H19FN4O2/c24-18-7-9-19(10-8-18)27-23(30)28-20(12-25)22(21(28)14-29)16-5-3-15(4-6-16)17-2-1-11-26-13-17/h1-11,13,20-22,29H,14H2,(H,27,30)/t20-,21+,22+/m0/s1. The van der Waals surface area contributed by atoms with Crippen LogP contribution in [0.25, 0.3) is 11.1 Å². The van der Waals surface area contributed by atoms with Crippen LogP contribution >= 0.6 is 0 Å². The van der Waals surface area contributed by atoms with Gasteiger partial charge in [-0.25, -0.2) is 9.18 Å². The first kappa shape index (κ1) is 19.6. The number of rotatable bonds is 4. The number of likely N-dealkylation sites (tertiary alicyclic amines) is 1. The van der Waals surface area contributed by atoms with Crippen molar-refractivity contribution < 1.29 is 14.3 Å². The predicted octanol–water partition coefficient (Wildman–Crippen LogP) is 3.77. The number of aliphatic hydroxyl groups is 1. The Labute approximate surface area is 173 Å². The van der Waals surface area contributed by atoms with E-state index in [0.717, 1.165) is 16.7 Å². The topological polar surface area (TPSA) is 89.2 Å². The average molecular weight is 402 g/mol. The van der Waals surface area contributed by atoms with Gasteiger partial charge in [0.2, 0.25) is 0 Å². The summed E-state index contributed by atoms with van der Waals surface area (Å²) < 4.78 is 13.1. The number of nitriles is 1. The minimum absolute atomic E-state index is 0.274. The Bertz CT molecular complexity index is 1070. The molecule has 1 fully saturated rings. The molecule has 30 heavy (non-hydrogen) atoms. The van der Waals surface area contributed by atoms with Gasteiger partial charge in [0.15, 0.2) is 0 Å². The first-order valence-electron chi connectivity index (χ1n) is 9.48. The van der Waals surface area contributed by atoms with Gasteiger partial charge in [0.1, 0.15) is 11.9 Å². The number of carbonyl (C=O) groups excluding carboxylic acids is 1. The van der Waals surface area contributed by atoms with Gasteiger partial charge in [-0.05, 0) is 47.0 Å². The second kappa shape index (κ2) is 8.31. The summed E-state index contributed by atoms with van der Waals surface area (Å²) in [5.74, 6) is -0.711. The van der Waals surface area contributed by atoms with Gasteiger partial charge in [-0.3, -0.25) is 4.98 Å². The molecular formula is C23H19FN4O2. The molecule has 2 N–H and O–H groups in total. The van der Waals surface area contributed by atoms with E-state index in [4.69, 9.17) is 0 Å². The van der Waals surface area contributed by atoms with Gasteiger partial charge in [-0.1, -0.05) is 30.3 Å². The van der Waals surface area contributed by atoms with Gasteiger partial charge in [0, 0.05) is 24.0 Å². The highest BCUT2D eigenvalue weighted by Gasteiger charge is 2.51. The van der Waals surface area contributed by atoms with Crippen molar-refractivity contribution in [3.05, 3.63) is 84.4 Å². The Morgan fingerprint density at radius 3 is 2.47 bits per heavy atom. The Kier molecular flexibility index (Phi) is 5.42. The summed E-state index contributed by atoms with van der Waals surface area (Å²) in [6.07, 6.45) is 3.48. The number of anilines is 1. The molecule has 1 saturated heterocycles. The quantitative estimate of drug-likeness (QED) is 0.695. The fraction of sp³-hybridized carbons (Fsp3) is 0.174. The molecule has 1 aliphatic heterocycles. The molecule has 7 heteroatoms. The van der Waals surface area contributed by atoms with Crippen LogP contribution in [-0.2, 0) is 0 Å². The highest BCUT2D eigenvalue weighted by atomic mass is 19.1. The molecule has 0 aliphatic carbocycles. The van der Waals surface area contributed by atoms with Crippen LogP contribution in [0.15, 0.2) is 73.1 Å². The van der Waals surface area contributed by atoms with Gasteiger partial charge in [-0.2, -0.15) is 5.26 Å². The smallest absolute Gasteiger partial charge is 0.323 e. The number of nitrogens with one attached hydrogen (secondary N) is 1. The average Bonchev–Trinajstić information content (AvgIpc) is 2.76. The van der Waals surface area contributed by atoms with E-state index in [1.165, 1.54) is 29.2 Å². The minimum Gasteiger partial charge on any atom is -0.394 e. The zero-order chi connectivity index (χ0) is 21.1. The summed E-state index contributed by atoms with van der Waals surface area (Å²) in [7, 11) is 0. The normalized spacial score (nSPS) is 20.2. The van der Waals surface area contributed by atoms with Crippen LogP contribution in [-0.4, -0.2) is 39.7 Å². The Balaban J connectivity index is 1.52. The zero-order valence-corrected chi connectivity index (χ0v) is 15.9. The molecular weight excluding hydrogens is 383 g/mol. The molecule has 2 aromatic carbocycles. The van der Waals surface area contributed by atoms with Gasteiger partial charge in [-0.15, -0.1) is 0 Å². The maximum atomic E-state index is 13.1. The van der Waals surface area contributed by atoms with Gasteiger partial charge in [0.05, 0.1) is 18.7 Å². The van der Waals surface area contributed by atoms with E-state index < -0.39 is 23.9 Å². The number of urea groups is 1. The van der Waals surface area contributed by atoms with E-state index >= 15 is 0 Å². The highest BCUT2D eigenvalue weighted by molar-refractivity contribution is 5.91. The van der Waals surface area contributed by atoms with Crippen molar-refractivity contribution in [2.45, 2.75) is 18.0 Å². The van der Waals surface area contributed by atoms with Crippen molar-refractivity contribution in [1.82, 2.24) is 9.88 Å². The number of hydrogen-bond acceptors (Lipinski definition) is 4. The van der Waals surface area contributed by atoms with Gasteiger partial charge < -0.3 is 15.3 Å². The molecule has 150 valence electrons. The summed E-state index contributed by atoms with van der Waals surface area (Å²) in [6.45, 7) is -0.274. The van der Waals surface area contributed by atoms with E-state index in [1.54, 1.807) is 12.4 Å². The predicted molar refractivity (Wildman–Crippen MR) is 110 cm³/mol. The number of aromatic nitrogens is 1. The molecule has 2 amide bonds. The van der Waals surface area contributed by atoms with Crippen LogP contribution in [0.4, 0.5) is 14.9 Å². The number of aliphatic hydroxyl groups excluding tert-OH is 1. The molecule has 0 spiro atoms. The summed E-state index contributed by atoms with van der Waals surface area (Å²) in [5.41, 5.74) is 3.26. The van der Waals surface area contributed by atoms with Crippen LogP contribution in [0.2, 0.25) is 0 Å². The number of pyridine rings is 1. The molecule has 2 heterocycles. The molecule has 6 nitrogen and oxygen atoms in total. The number of amides is 2. The molecule has 3 aromatic rings. The van der Waals surface area contributed by atoms with Crippen LogP contribution in [0.5, 0.6) is 0 Å². The third kappa shape index (κ3) is 3.61. The second-order valence-electron chi connectivity index (χ2n) is 7.06. The molecule has 1 aromatic heterocycles. The van der Waals surface area contributed by atoms with Crippen LogP contribution in [0, 0.1) is 17.1 Å². The maximum Gasteiger partial charge on any atom is 0.323 e. The number of carbonyl (C=O) groups is 1. The van der Waals surface area contributed by atoms with Crippen molar-refractivity contribution >= 4 is 11.7 Å². The maximum absolute atomic E-state index is 13.1. The van der Waals surface area contributed by atoms with E-state index in [9.17, 15) is 19.6 Å². The third-order valence-electron chi connectivity index (χ3n) is 5.35. The van der Waals surface area contributed by atoms with E-state index in [1.807, 2.05) is 36.4 Å². The second-order valence-corrected chi connectivity index (χ2v) is 7.06. The third-order valence-corrected chi connectivity index (χ3v) is 5.35. The monoisotopic (exact) mass is 402 g/mol. The number of hydrogen-bond donors (Lipinski definition) is 2. The van der Waals surface area contributed by atoms with E-state index in [-0.39, 0.29) is 12.5 Å². The first-order valence-corrected chi connectivity index (χ1v) is 9.48. The molecule has 0 radical (unpaired) electrons. The Morgan fingerprint density at radius 2 is 1.87 bits per heavy atom. The number of nitrogens with zero attached hydrogens (tertiary/aromatic N) is 3. The summed E-state index contributed by atoms with van der Waals surface area (Å²) in [4.78, 5) is 18.1. The van der Waals surface area contributed by atoms with Crippen molar-refractivity contribution in [2.75, 3.05) is 11.9 Å². The Morgan fingerprint density at radius 1 is 1.13 bits per heavy atom. The first-order chi connectivity index (χ1) is 14.6. The van der Waals surface area contributed by atoms with Crippen LogP contribution in [0.1, 0.15) is 11.5 Å². The van der Waals surface area contributed by atoms with Crippen molar-refractivity contribution in [2.24, 2.45) is 0 Å². The lowest BCUT2D eigenvalue weighted by atomic mass is 9.76. The van der Waals surface area contributed by atoms with Gasteiger partial charge in [0.25, 0.3) is 0 Å². The SMILES string of the molecule is N#C[C@H]1[C@@H](c2ccc(-c3cccnc3)cc2)[C@@H](CO)N1C(=O)Nc1ccc(F)cc1. The van der Waals surface area contributed by atoms with Crippen molar-refractivity contribution in [1.29, 1.82) is 5.26 Å². The summed E-state index contributed by atoms with van der Waals surface area (Å²) in [5, 5.41) is 22.2. The number of benzene rings is 2. The summed E-state index contributed by atoms with van der Waals surface area (Å²) in [6, 6.07) is 17.3. The lowest BCUT2D eigenvalue weighted by molar-refractivity contribution is 0.0224. The molecule has 0 unspecified atom stereocenters. The lowest BCUT2D eigenvalue weighted by Crippen LogP contribution is -2.66. The minimum atomic E-state index is -0.716.